The van der Waals surface area contributed by atoms with Gasteiger partial charge in [0.15, 0.2) is 0 Å². The zero-order valence-electron chi connectivity index (χ0n) is 4.97. The summed E-state index contributed by atoms with van der Waals surface area (Å²) in [5.41, 5.74) is 0.866. The van der Waals surface area contributed by atoms with Gasteiger partial charge in [0.1, 0.15) is 0 Å². The maximum Gasteiger partial charge on any atom is 0.0880 e. The number of aromatic nitrogens is 1. The Morgan fingerprint density at radius 1 is 1.78 bits per heavy atom. The molecule has 0 bridgehead atoms. The minimum atomic E-state index is -1.16. The summed E-state index contributed by atoms with van der Waals surface area (Å²) < 4.78 is 0. The first-order valence-corrected chi connectivity index (χ1v) is 2.57. The van der Waals surface area contributed by atoms with E-state index in [1.165, 1.54) is 0 Å². The van der Waals surface area contributed by atoms with Crippen molar-refractivity contribution >= 4 is 5.97 Å². The molecule has 9 heavy (non-hydrogen) atoms. The van der Waals surface area contributed by atoms with Crippen LogP contribution in [0.15, 0.2) is 12.3 Å². The molecule has 0 spiro atoms. The highest BCUT2D eigenvalue weighted by Gasteiger charge is 1.96. The van der Waals surface area contributed by atoms with E-state index >= 15 is 0 Å². The van der Waals surface area contributed by atoms with Crippen LogP contribution >= 0.6 is 0 Å². The number of rotatable bonds is 1. The molecule has 1 aromatic heterocycles. The second-order valence-corrected chi connectivity index (χ2v) is 1.82. The van der Waals surface area contributed by atoms with Crippen LogP contribution in [0.4, 0.5) is 0 Å². The van der Waals surface area contributed by atoms with Crippen molar-refractivity contribution in [2.45, 2.75) is 6.92 Å². The Labute approximate surface area is 52.3 Å². The van der Waals surface area contributed by atoms with E-state index in [1.54, 1.807) is 19.2 Å². The fourth-order valence-electron chi connectivity index (χ4n) is 0.667. The van der Waals surface area contributed by atoms with E-state index in [2.05, 4.69) is 4.98 Å². The summed E-state index contributed by atoms with van der Waals surface area (Å²) in [6.45, 7) is 1.71. The lowest BCUT2D eigenvalue weighted by molar-refractivity contribution is -0.255. The van der Waals surface area contributed by atoms with Gasteiger partial charge in [0.05, 0.1) is 11.7 Å². The van der Waals surface area contributed by atoms with Gasteiger partial charge in [-0.15, -0.1) is 0 Å². The Morgan fingerprint density at radius 2 is 2.44 bits per heavy atom. The minimum Gasteiger partial charge on any atom is -0.543 e. The van der Waals surface area contributed by atoms with Gasteiger partial charge in [0.2, 0.25) is 0 Å². The van der Waals surface area contributed by atoms with Crippen LogP contribution in [0.2, 0.25) is 0 Å². The number of hydrogen-bond acceptors (Lipinski definition) is 2. The summed E-state index contributed by atoms with van der Waals surface area (Å²) in [5, 5.41) is 10.1. The molecule has 0 aliphatic rings. The van der Waals surface area contributed by atoms with Crippen LogP contribution < -0.4 is 5.11 Å². The molecule has 3 nitrogen and oxygen atoms in total. The third kappa shape index (κ3) is 0.937. The first-order chi connectivity index (χ1) is 4.22. The number of H-pyrrole nitrogens is 1. The molecule has 1 rings (SSSR count). The summed E-state index contributed by atoms with van der Waals surface area (Å²) in [6, 6.07) is 1.69. The highest BCUT2D eigenvalue weighted by atomic mass is 16.4. The summed E-state index contributed by atoms with van der Waals surface area (Å²) >= 11 is 0. The molecule has 0 fully saturated rings. The summed E-state index contributed by atoms with van der Waals surface area (Å²) in [6.07, 6.45) is 1.57. The highest BCUT2D eigenvalue weighted by Crippen LogP contribution is 2.01. The van der Waals surface area contributed by atoms with Gasteiger partial charge in [-0.3, -0.25) is 0 Å². The molecule has 1 heterocycles. The monoisotopic (exact) mass is 124 g/mol. The molecule has 0 aliphatic carbocycles. The smallest absolute Gasteiger partial charge is 0.0880 e. The SMILES string of the molecule is Cc1cc[nH]c1C(=O)[O-]. The van der Waals surface area contributed by atoms with E-state index in [0.29, 0.717) is 5.56 Å². The van der Waals surface area contributed by atoms with Crippen LogP contribution in [-0.4, -0.2) is 11.0 Å². The van der Waals surface area contributed by atoms with Gasteiger partial charge in [-0.25, -0.2) is 0 Å². The maximum atomic E-state index is 10.1. The van der Waals surface area contributed by atoms with Gasteiger partial charge < -0.3 is 14.9 Å². The Balaban J connectivity index is 3.08. The van der Waals surface area contributed by atoms with E-state index in [1.807, 2.05) is 0 Å². The Kier molecular flexibility index (Phi) is 1.26. The first kappa shape index (κ1) is 5.88. The summed E-state index contributed by atoms with van der Waals surface area (Å²) in [4.78, 5) is 12.7. The lowest BCUT2D eigenvalue weighted by Crippen LogP contribution is -2.23. The highest BCUT2D eigenvalue weighted by molar-refractivity contribution is 5.85. The zero-order chi connectivity index (χ0) is 6.85. The van der Waals surface area contributed by atoms with E-state index in [4.69, 9.17) is 0 Å². The molecule has 0 aliphatic heterocycles. The van der Waals surface area contributed by atoms with Crippen LogP contribution in [-0.2, 0) is 0 Å². The van der Waals surface area contributed by atoms with Crippen molar-refractivity contribution in [1.82, 2.24) is 4.98 Å². The predicted octanol–water partition coefficient (Wildman–Crippen LogP) is -0.313. The van der Waals surface area contributed by atoms with Crippen LogP contribution in [0, 0.1) is 6.92 Å². The van der Waals surface area contributed by atoms with E-state index in [0.717, 1.165) is 0 Å². The van der Waals surface area contributed by atoms with Crippen LogP contribution in [0.1, 0.15) is 16.1 Å². The number of aryl methyl sites for hydroxylation is 1. The van der Waals surface area contributed by atoms with Crippen LogP contribution in [0.25, 0.3) is 0 Å². The quantitative estimate of drug-likeness (QED) is 0.558. The number of carboxylic acids is 1. The van der Waals surface area contributed by atoms with Crippen LogP contribution in [0.5, 0.6) is 0 Å². The van der Waals surface area contributed by atoms with Crippen molar-refractivity contribution in [3.8, 4) is 0 Å². The van der Waals surface area contributed by atoms with Crippen LogP contribution in [0.3, 0.4) is 0 Å². The molecule has 0 saturated carbocycles. The summed E-state index contributed by atoms with van der Waals surface area (Å²) in [7, 11) is 0. The van der Waals surface area contributed by atoms with Gasteiger partial charge in [0, 0.05) is 6.20 Å². The van der Waals surface area contributed by atoms with Crippen molar-refractivity contribution in [2.24, 2.45) is 0 Å². The molecule has 0 radical (unpaired) electrons. The van der Waals surface area contributed by atoms with Crippen molar-refractivity contribution in [3.05, 3.63) is 23.5 Å². The van der Waals surface area contributed by atoms with Gasteiger partial charge in [-0.1, -0.05) is 0 Å². The fourth-order valence-corrected chi connectivity index (χ4v) is 0.667. The molecule has 1 N–H and O–H groups in total. The Bertz CT molecular complexity index is 227. The predicted molar refractivity (Wildman–Crippen MR) is 29.9 cm³/mol. The average Bonchev–Trinajstić information content (AvgIpc) is 2.13. The number of aromatic amines is 1. The molecule has 0 aromatic carbocycles. The minimum absolute atomic E-state index is 0.162. The van der Waals surface area contributed by atoms with Gasteiger partial charge in [-0.2, -0.15) is 0 Å². The van der Waals surface area contributed by atoms with E-state index < -0.39 is 5.97 Å². The normalized spacial score (nSPS) is 9.44. The second-order valence-electron chi connectivity index (χ2n) is 1.82. The van der Waals surface area contributed by atoms with E-state index in [9.17, 15) is 9.90 Å². The van der Waals surface area contributed by atoms with Gasteiger partial charge in [-0.05, 0) is 18.6 Å². The van der Waals surface area contributed by atoms with Crippen molar-refractivity contribution < 1.29 is 9.90 Å². The molecule has 1 aromatic rings. The third-order valence-electron chi connectivity index (χ3n) is 1.16. The fraction of sp³-hybridized carbons (Fsp3) is 0.167. The van der Waals surface area contributed by atoms with E-state index in [-0.39, 0.29) is 5.69 Å². The number of aromatic carboxylic acids is 1. The zero-order valence-corrected chi connectivity index (χ0v) is 4.97. The van der Waals surface area contributed by atoms with Crippen molar-refractivity contribution in [2.75, 3.05) is 0 Å². The number of nitrogens with one attached hydrogen (secondary N) is 1. The average molecular weight is 124 g/mol. The Hall–Kier alpha value is -1.25. The first-order valence-electron chi connectivity index (χ1n) is 2.57. The maximum absolute atomic E-state index is 10.1. The number of hydrogen-bond donors (Lipinski definition) is 1. The molecule has 0 amide bonds. The number of carboxylic acid groups (broad SMARTS) is 1. The summed E-state index contributed by atoms with van der Waals surface area (Å²) in [5.74, 6) is -1.16. The topological polar surface area (TPSA) is 55.9 Å². The standard InChI is InChI=1S/C6H7NO2/c1-4-2-3-7-5(4)6(8)9/h2-3,7H,1H3,(H,8,9)/p-1. The lowest BCUT2D eigenvalue weighted by atomic mass is 10.3. The van der Waals surface area contributed by atoms with Crippen molar-refractivity contribution in [1.29, 1.82) is 0 Å². The molecular formula is C6H6NO2-. The molecule has 0 unspecified atom stereocenters. The molecule has 3 heteroatoms. The molecule has 48 valence electrons. The van der Waals surface area contributed by atoms with Gasteiger partial charge >= 0.3 is 0 Å². The number of carbonyl (C=O) groups excluding carboxylic acids is 1. The Morgan fingerprint density at radius 3 is 2.67 bits per heavy atom. The largest absolute Gasteiger partial charge is 0.543 e. The second kappa shape index (κ2) is 1.93. The number of carbonyl (C=O) groups is 1. The lowest BCUT2D eigenvalue weighted by Gasteiger charge is -1.97. The molecular weight excluding hydrogens is 118 g/mol. The molecule has 0 saturated heterocycles. The molecule has 0 atom stereocenters. The van der Waals surface area contributed by atoms with Gasteiger partial charge in [0.25, 0.3) is 0 Å². The van der Waals surface area contributed by atoms with Crippen molar-refractivity contribution in [3.63, 3.8) is 0 Å². The third-order valence-corrected chi connectivity index (χ3v) is 1.16.